The SMILES string of the molecule is COc1cc(N2CCNCC2)ccc1Nc1cc(Nc2c(Cl)cccc2Cl)nc2cn[nH]c(=O)c12. The normalized spacial score (nSPS) is 13.6. The number of benzene rings is 2. The molecule has 0 spiro atoms. The van der Waals surface area contributed by atoms with Gasteiger partial charge in [-0.3, -0.25) is 4.79 Å². The summed E-state index contributed by atoms with van der Waals surface area (Å²) < 4.78 is 5.68. The van der Waals surface area contributed by atoms with Gasteiger partial charge in [0.15, 0.2) is 0 Å². The van der Waals surface area contributed by atoms with Crippen molar-refractivity contribution in [3.63, 3.8) is 0 Å². The van der Waals surface area contributed by atoms with Gasteiger partial charge in [-0.1, -0.05) is 29.3 Å². The van der Waals surface area contributed by atoms with Crippen LogP contribution >= 0.6 is 23.2 Å². The lowest BCUT2D eigenvalue weighted by Gasteiger charge is -2.30. The van der Waals surface area contributed by atoms with Gasteiger partial charge in [-0.05, 0) is 24.3 Å². The molecule has 0 amide bonds. The van der Waals surface area contributed by atoms with Crippen molar-refractivity contribution >= 4 is 62.7 Å². The van der Waals surface area contributed by atoms with Crippen LogP contribution in [0.1, 0.15) is 0 Å². The molecule has 0 atom stereocenters. The maximum absolute atomic E-state index is 12.7. The maximum atomic E-state index is 12.7. The molecule has 35 heavy (non-hydrogen) atoms. The molecule has 0 bridgehead atoms. The summed E-state index contributed by atoms with van der Waals surface area (Å²) in [4.78, 5) is 19.5. The number of piperazine rings is 1. The number of aromatic amines is 1. The molecule has 5 rings (SSSR count). The van der Waals surface area contributed by atoms with Crippen molar-refractivity contribution in [2.75, 3.05) is 48.8 Å². The third kappa shape index (κ3) is 4.84. The number of nitrogens with zero attached hydrogens (tertiary/aromatic N) is 3. The van der Waals surface area contributed by atoms with Gasteiger partial charge in [0.2, 0.25) is 0 Å². The number of halogens is 2. The van der Waals surface area contributed by atoms with Crippen LogP contribution < -0.4 is 31.1 Å². The van der Waals surface area contributed by atoms with Gasteiger partial charge in [0.05, 0.1) is 45.8 Å². The highest BCUT2D eigenvalue weighted by Gasteiger charge is 2.16. The number of hydrogen-bond donors (Lipinski definition) is 4. The van der Waals surface area contributed by atoms with E-state index in [9.17, 15) is 4.79 Å². The Morgan fingerprint density at radius 1 is 1.03 bits per heavy atom. The summed E-state index contributed by atoms with van der Waals surface area (Å²) in [5.41, 5.74) is 2.86. The monoisotopic (exact) mass is 511 g/mol. The number of para-hydroxylation sites is 1. The average molecular weight is 512 g/mol. The minimum Gasteiger partial charge on any atom is -0.494 e. The van der Waals surface area contributed by atoms with Gasteiger partial charge in [0.25, 0.3) is 5.56 Å². The second kappa shape index (κ2) is 9.99. The summed E-state index contributed by atoms with van der Waals surface area (Å²) in [6.07, 6.45) is 1.49. The number of rotatable bonds is 6. The first-order chi connectivity index (χ1) is 17.0. The number of aromatic nitrogens is 3. The molecule has 11 heteroatoms. The summed E-state index contributed by atoms with van der Waals surface area (Å²) in [5, 5.41) is 17.5. The van der Waals surface area contributed by atoms with E-state index >= 15 is 0 Å². The zero-order valence-corrected chi connectivity index (χ0v) is 20.4. The van der Waals surface area contributed by atoms with Crippen LogP contribution in [0.15, 0.2) is 53.5 Å². The number of H-pyrrole nitrogens is 1. The molecule has 0 aliphatic carbocycles. The van der Waals surface area contributed by atoms with E-state index in [2.05, 4.69) is 36.0 Å². The Hall–Kier alpha value is -3.53. The van der Waals surface area contributed by atoms with Gasteiger partial charge < -0.3 is 25.6 Å². The molecule has 3 heterocycles. The fourth-order valence-electron chi connectivity index (χ4n) is 4.06. The van der Waals surface area contributed by atoms with E-state index in [1.54, 1.807) is 31.4 Å². The Bertz CT molecular complexity index is 1420. The lowest BCUT2D eigenvalue weighted by atomic mass is 10.2. The fourth-order valence-corrected chi connectivity index (χ4v) is 4.55. The van der Waals surface area contributed by atoms with E-state index in [1.165, 1.54) is 6.20 Å². The lowest BCUT2D eigenvalue weighted by Crippen LogP contribution is -2.43. The molecule has 9 nitrogen and oxygen atoms in total. The van der Waals surface area contributed by atoms with Gasteiger partial charge in [-0.15, -0.1) is 0 Å². The van der Waals surface area contributed by atoms with Crippen molar-refractivity contribution in [2.24, 2.45) is 0 Å². The third-order valence-electron chi connectivity index (χ3n) is 5.78. The van der Waals surface area contributed by atoms with E-state index < -0.39 is 0 Å². The van der Waals surface area contributed by atoms with Crippen molar-refractivity contribution < 1.29 is 4.74 Å². The molecule has 0 saturated carbocycles. The molecule has 2 aromatic heterocycles. The largest absolute Gasteiger partial charge is 0.494 e. The molecule has 4 aromatic rings. The molecule has 1 fully saturated rings. The van der Waals surface area contributed by atoms with Crippen LogP contribution in [0.2, 0.25) is 10.0 Å². The Balaban J connectivity index is 1.55. The Labute approximate surface area is 211 Å². The smallest absolute Gasteiger partial charge is 0.275 e. The third-order valence-corrected chi connectivity index (χ3v) is 6.41. The zero-order valence-electron chi connectivity index (χ0n) is 18.9. The van der Waals surface area contributed by atoms with Crippen LogP contribution in [-0.4, -0.2) is 48.5 Å². The van der Waals surface area contributed by atoms with E-state index in [0.29, 0.717) is 49.6 Å². The van der Waals surface area contributed by atoms with Gasteiger partial charge in [0, 0.05) is 44.0 Å². The second-order valence-electron chi connectivity index (χ2n) is 7.98. The minimum atomic E-state index is -0.365. The summed E-state index contributed by atoms with van der Waals surface area (Å²) in [6, 6.07) is 12.9. The Morgan fingerprint density at radius 3 is 2.54 bits per heavy atom. The number of fused-ring (bicyclic) bond motifs is 1. The van der Waals surface area contributed by atoms with Crippen molar-refractivity contribution in [1.29, 1.82) is 0 Å². The minimum absolute atomic E-state index is 0.365. The number of pyridine rings is 1. The predicted molar refractivity (Wildman–Crippen MR) is 141 cm³/mol. The molecule has 4 N–H and O–H groups in total. The van der Waals surface area contributed by atoms with Crippen molar-refractivity contribution in [2.45, 2.75) is 0 Å². The number of methoxy groups -OCH3 is 1. The molecule has 0 unspecified atom stereocenters. The molecule has 1 saturated heterocycles. The lowest BCUT2D eigenvalue weighted by molar-refractivity contribution is 0.416. The van der Waals surface area contributed by atoms with Gasteiger partial charge in [-0.2, -0.15) is 5.10 Å². The van der Waals surface area contributed by atoms with Crippen LogP contribution in [0.4, 0.5) is 28.6 Å². The number of nitrogens with one attached hydrogen (secondary N) is 4. The number of hydrogen-bond acceptors (Lipinski definition) is 8. The molecular formula is C24H23Cl2N7O2. The van der Waals surface area contributed by atoms with E-state index in [1.807, 2.05) is 18.2 Å². The maximum Gasteiger partial charge on any atom is 0.275 e. The molecular weight excluding hydrogens is 489 g/mol. The van der Waals surface area contributed by atoms with E-state index in [4.69, 9.17) is 27.9 Å². The first kappa shape index (κ1) is 23.2. The molecule has 0 radical (unpaired) electrons. The second-order valence-corrected chi connectivity index (χ2v) is 8.80. The predicted octanol–water partition coefficient (Wildman–Crippen LogP) is 4.53. The van der Waals surface area contributed by atoms with E-state index in [0.717, 1.165) is 31.9 Å². The highest BCUT2D eigenvalue weighted by atomic mass is 35.5. The van der Waals surface area contributed by atoms with Gasteiger partial charge in [0.1, 0.15) is 17.1 Å². The highest BCUT2D eigenvalue weighted by molar-refractivity contribution is 6.39. The first-order valence-electron chi connectivity index (χ1n) is 11.0. The summed E-state index contributed by atoms with van der Waals surface area (Å²) >= 11 is 12.7. The molecule has 2 aromatic carbocycles. The standard InChI is InChI=1S/C24H23Cl2N7O2/c1-35-20-11-14(33-9-7-27-8-10-33)5-6-17(20)29-18-12-21(30-19-13-28-32-24(34)22(18)19)31-23-15(25)3-2-4-16(23)26/h2-6,11-13,27H,7-10H2,1H3,(H,32,34)(H2,29,30,31). The molecule has 1 aliphatic heterocycles. The summed E-state index contributed by atoms with van der Waals surface area (Å²) in [5.74, 6) is 1.10. The van der Waals surface area contributed by atoms with Crippen molar-refractivity contribution in [3.05, 3.63) is 69.1 Å². The zero-order chi connectivity index (χ0) is 24.4. The van der Waals surface area contributed by atoms with E-state index in [-0.39, 0.29) is 5.56 Å². The number of ether oxygens (including phenoxy) is 1. The number of anilines is 5. The van der Waals surface area contributed by atoms with Crippen molar-refractivity contribution in [1.82, 2.24) is 20.5 Å². The van der Waals surface area contributed by atoms with Crippen LogP contribution in [0, 0.1) is 0 Å². The van der Waals surface area contributed by atoms with Crippen LogP contribution in [0.5, 0.6) is 5.75 Å². The van der Waals surface area contributed by atoms with Crippen molar-refractivity contribution in [3.8, 4) is 5.75 Å². The van der Waals surface area contributed by atoms with Gasteiger partial charge >= 0.3 is 0 Å². The van der Waals surface area contributed by atoms with Gasteiger partial charge in [-0.25, -0.2) is 10.1 Å². The summed E-state index contributed by atoms with van der Waals surface area (Å²) in [7, 11) is 1.62. The summed E-state index contributed by atoms with van der Waals surface area (Å²) in [6.45, 7) is 3.72. The van der Waals surface area contributed by atoms with Crippen LogP contribution in [0.25, 0.3) is 10.9 Å². The molecule has 1 aliphatic rings. The first-order valence-corrected chi connectivity index (χ1v) is 11.8. The quantitative estimate of drug-likeness (QED) is 0.299. The Morgan fingerprint density at radius 2 is 1.80 bits per heavy atom. The molecule has 180 valence electrons. The fraction of sp³-hybridized carbons (Fsp3) is 0.208. The topological polar surface area (TPSA) is 107 Å². The average Bonchev–Trinajstić information content (AvgIpc) is 2.87. The Kier molecular flexibility index (Phi) is 6.63. The van der Waals surface area contributed by atoms with Crippen LogP contribution in [0.3, 0.4) is 0 Å². The highest BCUT2D eigenvalue weighted by Crippen LogP contribution is 2.36. The van der Waals surface area contributed by atoms with Crippen LogP contribution in [-0.2, 0) is 0 Å².